The molecule has 4 N–H and O–H groups in total. The maximum atomic E-state index is 12.3. The van der Waals surface area contributed by atoms with Gasteiger partial charge in [-0.3, -0.25) is 4.79 Å². The van der Waals surface area contributed by atoms with Gasteiger partial charge in [0.1, 0.15) is 0 Å². The smallest absolute Gasteiger partial charge is 0.229 e. The number of aliphatic hydroxyl groups excluding tert-OH is 1. The van der Waals surface area contributed by atoms with Crippen LogP contribution in [0.25, 0.3) is 0 Å². The van der Waals surface area contributed by atoms with Crippen LogP contribution < -0.4 is 11.1 Å². The number of amides is 1. The topological polar surface area (TPSA) is 75.3 Å². The Morgan fingerprint density at radius 3 is 2.42 bits per heavy atom. The van der Waals surface area contributed by atoms with Gasteiger partial charge < -0.3 is 16.2 Å². The molecule has 0 bridgehead atoms. The first-order chi connectivity index (χ1) is 9.10. The van der Waals surface area contributed by atoms with Crippen molar-refractivity contribution in [1.29, 1.82) is 0 Å². The number of rotatable bonds is 7. The second kappa shape index (κ2) is 7.92. The zero-order valence-electron chi connectivity index (χ0n) is 11.7. The molecule has 0 heterocycles. The van der Waals surface area contributed by atoms with E-state index in [0.29, 0.717) is 6.42 Å². The summed E-state index contributed by atoms with van der Waals surface area (Å²) in [7, 11) is 0. The Morgan fingerprint density at radius 1 is 1.32 bits per heavy atom. The van der Waals surface area contributed by atoms with Gasteiger partial charge in [0.05, 0.1) is 5.92 Å². The highest BCUT2D eigenvalue weighted by molar-refractivity contribution is 5.84. The van der Waals surface area contributed by atoms with Crippen LogP contribution in [-0.4, -0.2) is 30.2 Å². The van der Waals surface area contributed by atoms with Gasteiger partial charge in [-0.1, -0.05) is 44.2 Å². The molecule has 0 aliphatic heterocycles. The molecule has 0 spiro atoms. The third-order valence-corrected chi connectivity index (χ3v) is 3.33. The molecule has 106 valence electrons. The maximum Gasteiger partial charge on any atom is 0.229 e. The predicted octanol–water partition coefficient (Wildman–Crippen LogP) is 1.25. The van der Waals surface area contributed by atoms with Gasteiger partial charge in [-0.15, -0.1) is 0 Å². The van der Waals surface area contributed by atoms with Gasteiger partial charge in [0, 0.05) is 19.2 Å². The number of nitrogens with one attached hydrogen (secondary N) is 1. The largest absolute Gasteiger partial charge is 0.396 e. The van der Waals surface area contributed by atoms with Gasteiger partial charge in [-0.2, -0.15) is 0 Å². The summed E-state index contributed by atoms with van der Waals surface area (Å²) in [6.07, 6.45) is 0.565. The first-order valence-corrected chi connectivity index (χ1v) is 6.76. The maximum absolute atomic E-state index is 12.3. The highest BCUT2D eigenvalue weighted by atomic mass is 16.3. The fourth-order valence-corrected chi connectivity index (χ4v) is 2.07. The van der Waals surface area contributed by atoms with E-state index in [0.717, 1.165) is 5.56 Å². The van der Waals surface area contributed by atoms with Crippen molar-refractivity contribution in [2.24, 2.45) is 11.7 Å². The number of aliphatic hydroxyl groups is 1. The Labute approximate surface area is 115 Å². The summed E-state index contributed by atoms with van der Waals surface area (Å²) < 4.78 is 0. The van der Waals surface area contributed by atoms with Crippen molar-refractivity contribution in [3.8, 4) is 0 Å². The van der Waals surface area contributed by atoms with Crippen LogP contribution in [-0.2, 0) is 4.79 Å². The first-order valence-electron chi connectivity index (χ1n) is 6.76. The molecule has 0 aromatic heterocycles. The summed E-state index contributed by atoms with van der Waals surface area (Å²) in [6.45, 7) is 4.41. The van der Waals surface area contributed by atoms with Crippen LogP contribution in [0, 0.1) is 5.92 Å². The molecular formula is C15H24N2O2. The molecule has 19 heavy (non-hydrogen) atoms. The van der Waals surface area contributed by atoms with E-state index in [1.54, 1.807) is 0 Å². The van der Waals surface area contributed by atoms with E-state index in [9.17, 15) is 4.79 Å². The molecule has 1 aromatic rings. The Balaban J connectivity index is 2.74. The van der Waals surface area contributed by atoms with Gasteiger partial charge in [0.25, 0.3) is 0 Å². The highest BCUT2D eigenvalue weighted by Crippen LogP contribution is 2.16. The van der Waals surface area contributed by atoms with E-state index >= 15 is 0 Å². The molecule has 0 saturated carbocycles. The summed E-state index contributed by atoms with van der Waals surface area (Å²) >= 11 is 0. The van der Waals surface area contributed by atoms with Crippen LogP contribution in [0.3, 0.4) is 0 Å². The van der Waals surface area contributed by atoms with E-state index in [-0.39, 0.29) is 36.9 Å². The van der Waals surface area contributed by atoms with Crippen LogP contribution in [0.1, 0.15) is 31.7 Å². The third kappa shape index (κ3) is 4.65. The molecular weight excluding hydrogens is 240 g/mol. The van der Waals surface area contributed by atoms with E-state index < -0.39 is 0 Å². The molecule has 0 saturated heterocycles. The molecule has 4 nitrogen and oxygen atoms in total. The zero-order valence-corrected chi connectivity index (χ0v) is 11.7. The fraction of sp³-hybridized carbons (Fsp3) is 0.533. The minimum atomic E-state index is -0.332. The standard InChI is InChI=1S/C15H24N2O2/c1-11(2)14(8-9-18)17-15(19)13(10-16)12-6-4-3-5-7-12/h3-7,11,13-14,18H,8-10,16H2,1-2H3,(H,17,19). The predicted molar refractivity (Wildman–Crippen MR) is 76.7 cm³/mol. The van der Waals surface area contributed by atoms with Gasteiger partial charge in [0.2, 0.25) is 5.91 Å². The molecule has 4 heteroatoms. The molecule has 1 amide bonds. The summed E-state index contributed by atoms with van der Waals surface area (Å²) in [6, 6.07) is 9.52. The van der Waals surface area contributed by atoms with Crippen molar-refractivity contribution in [1.82, 2.24) is 5.32 Å². The van der Waals surface area contributed by atoms with Crippen LogP contribution in [0.4, 0.5) is 0 Å². The highest BCUT2D eigenvalue weighted by Gasteiger charge is 2.23. The second-order valence-electron chi connectivity index (χ2n) is 5.07. The van der Waals surface area contributed by atoms with E-state index in [2.05, 4.69) is 5.32 Å². The molecule has 0 aliphatic rings. The van der Waals surface area contributed by atoms with Gasteiger partial charge >= 0.3 is 0 Å². The van der Waals surface area contributed by atoms with Crippen LogP contribution in [0.2, 0.25) is 0 Å². The number of hydrogen-bond donors (Lipinski definition) is 3. The van der Waals surface area contributed by atoms with Gasteiger partial charge in [-0.25, -0.2) is 0 Å². The normalized spacial score (nSPS) is 14.2. The molecule has 1 rings (SSSR count). The second-order valence-corrected chi connectivity index (χ2v) is 5.07. The van der Waals surface area contributed by atoms with E-state index in [1.807, 2.05) is 44.2 Å². The van der Waals surface area contributed by atoms with E-state index in [1.165, 1.54) is 0 Å². The Bertz CT molecular complexity index is 379. The summed E-state index contributed by atoms with van der Waals surface area (Å²) in [4.78, 5) is 12.3. The molecule has 0 aliphatic carbocycles. The quantitative estimate of drug-likeness (QED) is 0.694. The monoisotopic (exact) mass is 264 g/mol. The van der Waals surface area contributed by atoms with Crippen LogP contribution in [0.5, 0.6) is 0 Å². The Kier molecular flexibility index (Phi) is 6.53. The van der Waals surface area contributed by atoms with Crippen LogP contribution >= 0.6 is 0 Å². The molecule has 2 unspecified atom stereocenters. The summed E-state index contributed by atoms with van der Waals surface area (Å²) in [5, 5.41) is 12.0. The van der Waals surface area contributed by atoms with Crippen molar-refractivity contribution in [2.75, 3.05) is 13.2 Å². The number of hydrogen-bond acceptors (Lipinski definition) is 3. The first kappa shape index (κ1) is 15.7. The van der Waals surface area contributed by atoms with Crippen molar-refractivity contribution >= 4 is 5.91 Å². The summed E-state index contributed by atoms with van der Waals surface area (Å²) in [5.41, 5.74) is 6.65. The average Bonchev–Trinajstić information content (AvgIpc) is 2.40. The molecule has 0 radical (unpaired) electrons. The lowest BCUT2D eigenvalue weighted by Gasteiger charge is -2.24. The molecule has 2 atom stereocenters. The minimum Gasteiger partial charge on any atom is -0.396 e. The fourth-order valence-electron chi connectivity index (χ4n) is 2.07. The number of nitrogens with two attached hydrogens (primary N) is 1. The van der Waals surface area contributed by atoms with Crippen molar-refractivity contribution in [2.45, 2.75) is 32.2 Å². The van der Waals surface area contributed by atoms with Crippen LogP contribution in [0.15, 0.2) is 30.3 Å². The SMILES string of the molecule is CC(C)C(CCO)NC(=O)C(CN)c1ccccc1. The van der Waals surface area contributed by atoms with Crippen molar-refractivity contribution < 1.29 is 9.90 Å². The average molecular weight is 264 g/mol. The van der Waals surface area contributed by atoms with E-state index in [4.69, 9.17) is 10.8 Å². The Hall–Kier alpha value is -1.39. The lowest BCUT2D eigenvalue weighted by Crippen LogP contribution is -2.43. The minimum absolute atomic E-state index is 0.0183. The van der Waals surface area contributed by atoms with Gasteiger partial charge in [0.15, 0.2) is 0 Å². The molecule has 0 fully saturated rings. The zero-order chi connectivity index (χ0) is 14.3. The third-order valence-electron chi connectivity index (χ3n) is 3.33. The number of benzene rings is 1. The lowest BCUT2D eigenvalue weighted by atomic mass is 9.96. The van der Waals surface area contributed by atoms with Gasteiger partial charge in [-0.05, 0) is 17.9 Å². The number of carbonyl (C=O) groups excluding carboxylic acids is 1. The summed E-state index contributed by atoms with van der Waals surface area (Å²) in [5.74, 6) is -0.118. The number of carbonyl (C=O) groups is 1. The lowest BCUT2D eigenvalue weighted by molar-refractivity contribution is -0.123. The Morgan fingerprint density at radius 2 is 1.95 bits per heavy atom. The molecule has 1 aromatic carbocycles. The van der Waals surface area contributed by atoms with Crippen molar-refractivity contribution in [3.05, 3.63) is 35.9 Å². The van der Waals surface area contributed by atoms with Crippen molar-refractivity contribution in [3.63, 3.8) is 0 Å².